The fraction of sp³-hybridized carbons (Fsp3) is 0.238. The Balaban J connectivity index is 1.40. The molecule has 29 heavy (non-hydrogen) atoms. The van der Waals surface area contributed by atoms with Crippen molar-refractivity contribution in [2.45, 2.75) is 6.04 Å². The molecule has 1 fully saturated rings. The van der Waals surface area contributed by atoms with Crippen LogP contribution in [-0.2, 0) is 4.79 Å². The molecule has 1 aliphatic rings. The van der Waals surface area contributed by atoms with Gasteiger partial charge >= 0.3 is 5.97 Å². The normalized spacial score (nSPS) is 16.5. The predicted octanol–water partition coefficient (Wildman–Crippen LogP) is 4.49. The molecule has 4 aromatic rings. The molecule has 2 aromatic carbocycles. The summed E-state index contributed by atoms with van der Waals surface area (Å²) in [7, 11) is 0. The Kier molecular flexibility index (Phi) is 4.77. The number of aromatic nitrogens is 2. The van der Waals surface area contributed by atoms with E-state index >= 15 is 0 Å². The van der Waals surface area contributed by atoms with Gasteiger partial charge in [-0.15, -0.1) is 0 Å². The third-order valence-corrected chi connectivity index (χ3v) is 6.85. The van der Waals surface area contributed by atoms with Crippen LogP contribution in [0.1, 0.15) is 11.6 Å². The molecule has 0 saturated carbocycles. The zero-order valence-corrected chi connectivity index (χ0v) is 17.9. The summed E-state index contributed by atoms with van der Waals surface area (Å²) in [5, 5.41) is 12.1. The minimum atomic E-state index is -0.821. The number of hydrogen-bond acceptors (Lipinski definition) is 5. The van der Waals surface area contributed by atoms with Crippen molar-refractivity contribution in [1.82, 2.24) is 14.3 Å². The van der Waals surface area contributed by atoms with Gasteiger partial charge in [0.1, 0.15) is 11.9 Å². The quantitative estimate of drug-likeness (QED) is 0.459. The Bertz CT molecular complexity index is 1200. The largest absolute Gasteiger partial charge is 0.480 e. The minimum Gasteiger partial charge on any atom is -0.480 e. The molecular weight excluding hydrogens is 452 g/mol. The maximum atomic E-state index is 12.2. The first-order valence-corrected chi connectivity index (χ1v) is 11.0. The van der Waals surface area contributed by atoms with Gasteiger partial charge in [0.25, 0.3) is 0 Å². The highest BCUT2D eigenvalue weighted by molar-refractivity contribution is 9.10. The number of halogens is 1. The van der Waals surface area contributed by atoms with Crippen LogP contribution in [0.4, 0.5) is 5.82 Å². The predicted molar refractivity (Wildman–Crippen MR) is 120 cm³/mol. The summed E-state index contributed by atoms with van der Waals surface area (Å²) >= 11 is 5.01. The Morgan fingerprint density at radius 1 is 1.14 bits per heavy atom. The standard InChI is InChI=1S/C21H19BrN4O2S/c22-13-5-6-17-15(11-13)16(12-23-17)19(21(27)28)25-7-9-26(10-8-25)20-14-3-1-2-4-18(14)29-24-20/h1-6,11-12,19,23H,7-10H2,(H,27,28). The summed E-state index contributed by atoms with van der Waals surface area (Å²) in [5.41, 5.74) is 1.75. The van der Waals surface area contributed by atoms with E-state index in [-0.39, 0.29) is 0 Å². The van der Waals surface area contributed by atoms with E-state index in [2.05, 4.69) is 47.2 Å². The number of rotatable bonds is 4. The van der Waals surface area contributed by atoms with E-state index in [0.717, 1.165) is 39.8 Å². The van der Waals surface area contributed by atoms with E-state index < -0.39 is 12.0 Å². The van der Waals surface area contributed by atoms with Crippen LogP contribution < -0.4 is 4.90 Å². The summed E-state index contributed by atoms with van der Waals surface area (Å²) in [4.78, 5) is 19.7. The van der Waals surface area contributed by atoms with Crippen molar-refractivity contribution in [3.05, 3.63) is 58.7 Å². The summed E-state index contributed by atoms with van der Waals surface area (Å²) < 4.78 is 6.77. The Hall–Kier alpha value is -2.42. The highest BCUT2D eigenvalue weighted by atomic mass is 79.9. The zero-order chi connectivity index (χ0) is 20.0. The summed E-state index contributed by atoms with van der Waals surface area (Å²) in [5.74, 6) is 0.187. The molecule has 8 heteroatoms. The maximum absolute atomic E-state index is 12.2. The third-order valence-electron chi connectivity index (χ3n) is 5.54. The van der Waals surface area contributed by atoms with Gasteiger partial charge in [0.2, 0.25) is 0 Å². The number of nitrogens with one attached hydrogen (secondary N) is 1. The number of H-pyrrole nitrogens is 1. The molecule has 6 nitrogen and oxygen atoms in total. The molecule has 1 unspecified atom stereocenters. The lowest BCUT2D eigenvalue weighted by Gasteiger charge is -2.38. The lowest BCUT2D eigenvalue weighted by Crippen LogP contribution is -2.49. The van der Waals surface area contributed by atoms with Crippen LogP contribution in [-0.4, -0.2) is 51.5 Å². The second-order valence-corrected chi connectivity index (χ2v) is 8.92. The Morgan fingerprint density at radius 3 is 2.72 bits per heavy atom. The van der Waals surface area contributed by atoms with E-state index in [1.165, 1.54) is 21.6 Å². The highest BCUT2D eigenvalue weighted by Gasteiger charge is 2.32. The van der Waals surface area contributed by atoms with E-state index in [9.17, 15) is 9.90 Å². The van der Waals surface area contributed by atoms with Gasteiger partial charge in [0.15, 0.2) is 0 Å². The van der Waals surface area contributed by atoms with Crippen LogP contribution in [0.2, 0.25) is 0 Å². The Morgan fingerprint density at radius 2 is 1.93 bits per heavy atom. The third kappa shape index (κ3) is 3.31. The first-order valence-electron chi connectivity index (χ1n) is 9.44. The summed E-state index contributed by atoms with van der Waals surface area (Å²) in [6.07, 6.45) is 1.83. The number of aliphatic carboxylic acids is 1. The summed E-state index contributed by atoms with van der Waals surface area (Å²) in [6.45, 7) is 2.85. The molecule has 3 heterocycles. The number of nitrogens with zero attached hydrogens (tertiary/aromatic N) is 3. The van der Waals surface area contributed by atoms with Crippen LogP contribution in [0.3, 0.4) is 0 Å². The van der Waals surface area contributed by atoms with Crippen molar-refractivity contribution >= 4 is 60.2 Å². The molecule has 2 aromatic heterocycles. The van der Waals surface area contributed by atoms with Crippen molar-refractivity contribution in [3.63, 3.8) is 0 Å². The van der Waals surface area contributed by atoms with Gasteiger partial charge < -0.3 is 15.0 Å². The number of fused-ring (bicyclic) bond motifs is 2. The smallest absolute Gasteiger partial charge is 0.325 e. The number of hydrogen-bond donors (Lipinski definition) is 2. The van der Waals surface area contributed by atoms with Crippen LogP contribution in [0.25, 0.3) is 21.0 Å². The zero-order valence-electron chi connectivity index (χ0n) is 15.5. The monoisotopic (exact) mass is 470 g/mol. The van der Waals surface area contributed by atoms with Crippen LogP contribution in [0, 0.1) is 0 Å². The average Bonchev–Trinajstić information content (AvgIpc) is 3.33. The second-order valence-electron chi connectivity index (χ2n) is 7.20. The molecule has 0 amide bonds. The van der Waals surface area contributed by atoms with Crippen molar-refractivity contribution in [3.8, 4) is 0 Å². The lowest BCUT2D eigenvalue weighted by atomic mass is 10.0. The van der Waals surface area contributed by atoms with Crippen molar-refractivity contribution in [2.24, 2.45) is 0 Å². The van der Waals surface area contributed by atoms with Gasteiger partial charge in [0.05, 0.1) is 4.70 Å². The first-order chi connectivity index (χ1) is 14.1. The van der Waals surface area contributed by atoms with Gasteiger partial charge in [0, 0.05) is 58.7 Å². The molecular formula is C21H19BrN4O2S. The minimum absolute atomic E-state index is 0.670. The number of carboxylic acids is 1. The lowest BCUT2D eigenvalue weighted by molar-refractivity contribution is -0.143. The highest BCUT2D eigenvalue weighted by Crippen LogP contribution is 2.33. The molecule has 0 bridgehead atoms. The Labute approximate surface area is 180 Å². The van der Waals surface area contributed by atoms with Crippen molar-refractivity contribution < 1.29 is 9.90 Å². The van der Waals surface area contributed by atoms with Crippen molar-refractivity contribution in [2.75, 3.05) is 31.1 Å². The molecule has 0 aliphatic carbocycles. The number of anilines is 1. The number of benzene rings is 2. The van der Waals surface area contributed by atoms with Gasteiger partial charge in [-0.3, -0.25) is 9.69 Å². The second kappa shape index (κ2) is 7.44. The van der Waals surface area contributed by atoms with Gasteiger partial charge in [-0.05, 0) is 41.9 Å². The fourth-order valence-corrected chi connectivity index (χ4v) is 5.28. The van der Waals surface area contributed by atoms with Crippen LogP contribution >= 0.6 is 27.5 Å². The number of piperazine rings is 1. The van der Waals surface area contributed by atoms with E-state index in [1.807, 2.05) is 36.5 Å². The number of carbonyl (C=O) groups is 1. The SMILES string of the molecule is O=C(O)C(c1c[nH]c2ccc(Br)cc12)N1CCN(c2nsc3ccccc23)CC1. The van der Waals surface area contributed by atoms with E-state index in [0.29, 0.717) is 13.1 Å². The molecule has 2 N–H and O–H groups in total. The van der Waals surface area contributed by atoms with Gasteiger partial charge in [-0.1, -0.05) is 28.1 Å². The average molecular weight is 471 g/mol. The van der Waals surface area contributed by atoms with Crippen LogP contribution in [0.15, 0.2) is 53.1 Å². The molecule has 1 atom stereocenters. The van der Waals surface area contributed by atoms with Gasteiger partial charge in [-0.2, -0.15) is 4.37 Å². The number of carboxylic acid groups (broad SMARTS) is 1. The van der Waals surface area contributed by atoms with Gasteiger partial charge in [-0.25, -0.2) is 0 Å². The molecule has 148 valence electrons. The maximum Gasteiger partial charge on any atom is 0.325 e. The van der Waals surface area contributed by atoms with Crippen LogP contribution in [0.5, 0.6) is 0 Å². The molecule has 0 spiro atoms. The van der Waals surface area contributed by atoms with E-state index in [4.69, 9.17) is 0 Å². The van der Waals surface area contributed by atoms with E-state index in [1.54, 1.807) is 0 Å². The number of aromatic amines is 1. The molecule has 1 aliphatic heterocycles. The van der Waals surface area contributed by atoms with Crippen molar-refractivity contribution in [1.29, 1.82) is 0 Å². The molecule has 1 saturated heterocycles. The fourth-order valence-electron chi connectivity index (χ4n) is 4.12. The first kappa shape index (κ1) is 18.6. The summed E-state index contributed by atoms with van der Waals surface area (Å²) in [6, 6.07) is 13.5. The topological polar surface area (TPSA) is 72.5 Å². The molecule has 5 rings (SSSR count). The molecule has 0 radical (unpaired) electrons.